The summed E-state index contributed by atoms with van der Waals surface area (Å²) < 4.78 is 32.5. The van der Waals surface area contributed by atoms with Crippen LogP contribution in [0.2, 0.25) is 5.02 Å². The van der Waals surface area contributed by atoms with E-state index < -0.39 is 22.0 Å². The van der Waals surface area contributed by atoms with Gasteiger partial charge in [-0.25, -0.2) is 13.8 Å². The number of nitrogens with one attached hydrogen (secondary N) is 1. The average molecular weight is 517 g/mol. The van der Waals surface area contributed by atoms with Gasteiger partial charge < -0.3 is 9.84 Å². The minimum Gasteiger partial charge on any atom is -0.503 e. The largest absolute Gasteiger partial charge is 0.503 e. The first-order valence-electron chi connectivity index (χ1n) is 8.91. The van der Waals surface area contributed by atoms with Gasteiger partial charge in [0.2, 0.25) is 10.0 Å². The molecular weight excluding hydrogens is 498 g/mol. The van der Waals surface area contributed by atoms with Gasteiger partial charge in [-0.3, -0.25) is 4.79 Å². The monoisotopic (exact) mass is 515 g/mol. The smallest absolute Gasteiger partial charge is 0.258 e. The number of phenols is 1. The lowest BCUT2D eigenvalue weighted by Gasteiger charge is -2.22. The molecule has 8 nitrogen and oxygen atoms in total. The number of amides is 1. The number of hydrazone groups is 1. The Hall–Kier alpha value is -2.14. The van der Waals surface area contributed by atoms with Crippen LogP contribution in [0.3, 0.4) is 0 Å². The standard InChI is InChI=1S/C19H19BrClN3O5S/c1-29-17-10-12(9-15(20)18(17)25)11-22-23-19(26)16-3-2-8-24(16)30(27,28)14-6-4-13(21)5-7-14/h4-7,9-11,16,25H,2-3,8H2,1H3,(H,23,26). The van der Waals surface area contributed by atoms with E-state index in [0.29, 0.717) is 27.9 Å². The molecule has 1 fully saturated rings. The molecule has 0 aliphatic carbocycles. The minimum atomic E-state index is -3.83. The molecule has 1 unspecified atom stereocenters. The molecule has 1 amide bonds. The number of hydrogen-bond donors (Lipinski definition) is 2. The fraction of sp³-hybridized carbons (Fsp3) is 0.263. The van der Waals surface area contributed by atoms with Crippen molar-refractivity contribution < 1.29 is 23.1 Å². The van der Waals surface area contributed by atoms with E-state index in [0.717, 1.165) is 0 Å². The van der Waals surface area contributed by atoms with Crippen LogP contribution in [0.1, 0.15) is 18.4 Å². The molecule has 2 aromatic rings. The predicted octanol–water partition coefficient (Wildman–Crippen LogP) is 3.12. The third kappa shape index (κ3) is 4.77. The Morgan fingerprint density at radius 3 is 2.73 bits per heavy atom. The summed E-state index contributed by atoms with van der Waals surface area (Å²) >= 11 is 9.04. The molecule has 2 N–H and O–H groups in total. The lowest BCUT2D eigenvalue weighted by molar-refractivity contribution is -0.124. The summed E-state index contributed by atoms with van der Waals surface area (Å²) in [6.45, 7) is 0.245. The molecule has 1 saturated heterocycles. The fourth-order valence-corrected chi connectivity index (χ4v) is 5.34. The van der Waals surface area contributed by atoms with Gasteiger partial charge >= 0.3 is 0 Å². The zero-order chi connectivity index (χ0) is 21.9. The molecular formula is C19H19BrClN3O5S. The van der Waals surface area contributed by atoms with Crippen molar-refractivity contribution in [3.63, 3.8) is 0 Å². The van der Waals surface area contributed by atoms with E-state index in [1.165, 1.54) is 41.9 Å². The third-order valence-electron chi connectivity index (χ3n) is 4.59. The second kappa shape index (κ2) is 9.34. The Balaban J connectivity index is 1.73. The number of aromatic hydroxyl groups is 1. The van der Waals surface area contributed by atoms with Gasteiger partial charge in [0.15, 0.2) is 11.5 Å². The number of carbonyl (C=O) groups excluding carboxylic acids is 1. The van der Waals surface area contributed by atoms with Crippen LogP contribution < -0.4 is 10.2 Å². The normalized spacial score (nSPS) is 17.4. The number of carbonyl (C=O) groups is 1. The molecule has 0 bridgehead atoms. The predicted molar refractivity (Wildman–Crippen MR) is 116 cm³/mol. The maximum absolute atomic E-state index is 12.9. The average Bonchev–Trinajstić information content (AvgIpc) is 3.21. The molecule has 3 rings (SSSR count). The molecule has 1 aliphatic rings. The summed E-state index contributed by atoms with van der Waals surface area (Å²) in [6, 6.07) is 8.10. The van der Waals surface area contributed by atoms with Crippen LogP contribution >= 0.6 is 27.5 Å². The third-order valence-corrected chi connectivity index (χ3v) is 7.36. The topological polar surface area (TPSA) is 108 Å². The van der Waals surface area contributed by atoms with Gasteiger partial charge in [0.25, 0.3) is 5.91 Å². The molecule has 160 valence electrons. The van der Waals surface area contributed by atoms with Gasteiger partial charge in [0.05, 0.1) is 22.7 Å². The minimum absolute atomic E-state index is 0.0484. The summed E-state index contributed by atoms with van der Waals surface area (Å²) in [6.07, 6.45) is 2.33. The van der Waals surface area contributed by atoms with Crippen LogP contribution in [-0.2, 0) is 14.8 Å². The van der Waals surface area contributed by atoms with Gasteiger partial charge in [0.1, 0.15) is 6.04 Å². The van der Waals surface area contributed by atoms with Crippen LogP contribution in [-0.4, -0.2) is 49.6 Å². The number of rotatable bonds is 6. The first kappa shape index (κ1) is 22.5. The SMILES string of the molecule is COc1cc(C=NNC(=O)C2CCCN2S(=O)(=O)c2ccc(Cl)cc2)cc(Br)c1O. The van der Waals surface area contributed by atoms with Crippen LogP contribution in [0.25, 0.3) is 0 Å². The van der Waals surface area contributed by atoms with Gasteiger partial charge in [-0.1, -0.05) is 11.6 Å². The van der Waals surface area contributed by atoms with E-state index in [9.17, 15) is 18.3 Å². The number of hydrogen-bond acceptors (Lipinski definition) is 6. The van der Waals surface area contributed by atoms with Crippen LogP contribution in [0.5, 0.6) is 11.5 Å². The maximum Gasteiger partial charge on any atom is 0.258 e. The number of phenolic OH excluding ortho intramolecular Hbond substituents is 1. The van der Waals surface area contributed by atoms with E-state index >= 15 is 0 Å². The number of nitrogens with zero attached hydrogens (tertiary/aromatic N) is 2. The Morgan fingerprint density at radius 1 is 1.37 bits per heavy atom. The summed E-state index contributed by atoms with van der Waals surface area (Å²) in [4.78, 5) is 12.7. The second-order valence-corrected chi connectivity index (χ2v) is 9.70. The van der Waals surface area contributed by atoms with Crippen molar-refractivity contribution in [3.05, 3.63) is 51.5 Å². The lowest BCUT2D eigenvalue weighted by atomic mass is 10.2. The number of ether oxygens (including phenoxy) is 1. The highest BCUT2D eigenvalue weighted by atomic mass is 79.9. The van der Waals surface area contributed by atoms with Crippen molar-refractivity contribution in [3.8, 4) is 11.5 Å². The van der Waals surface area contributed by atoms with Crippen molar-refractivity contribution >= 4 is 49.7 Å². The zero-order valence-electron chi connectivity index (χ0n) is 15.9. The quantitative estimate of drug-likeness (QED) is 0.453. The molecule has 1 heterocycles. The van der Waals surface area contributed by atoms with Gasteiger partial charge in [-0.2, -0.15) is 9.41 Å². The molecule has 0 aromatic heterocycles. The van der Waals surface area contributed by atoms with E-state index in [1.807, 2.05) is 0 Å². The zero-order valence-corrected chi connectivity index (χ0v) is 19.0. The Morgan fingerprint density at radius 2 is 2.07 bits per heavy atom. The van der Waals surface area contributed by atoms with Crippen LogP contribution in [0.15, 0.2) is 50.9 Å². The Bertz CT molecular complexity index is 1080. The highest BCUT2D eigenvalue weighted by Gasteiger charge is 2.39. The summed E-state index contributed by atoms with van der Waals surface area (Å²) in [5, 5.41) is 14.2. The molecule has 11 heteroatoms. The molecule has 2 aromatic carbocycles. The van der Waals surface area contributed by atoms with Crippen molar-refractivity contribution in [2.75, 3.05) is 13.7 Å². The van der Waals surface area contributed by atoms with Crippen molar-refractivity contribution in [2.24, 2.45) is 5.10 Å². The lowest BCUT2D eigenvalue weighted by Crippen LogP contribution is -2.44. The summed E-state index contributed by atoms with van der Waals surface area (Å²) in [7, 11) is -2.42. The number of halogens is 2. The Kier molecular flexibility index (Phi) is 7.02. The fourth-order valence-electron chi connectivity index (χ4n) is 3.10. The Labute approximate surface area is 187 Å². The van der Waals surface area contributed by atoms with E-state index in [1.54, 1.807) is 12.1 Å². The van der Waals surface area contributed by atoms with E-state index in [-0.39, 0.29) is 22.9 Å². The maximum atomic E-state index is 12.9. The number of methoxy groups -OCH3 is 1. The van der Waals surface area contributed by atoms with Gasteiger partial charge in [-0.05, 0) is 70.7 Å². The van der Waals surface area contributed by atoms with E-state index in [2.05, 4.69) is 26.5 Å². The highest BCUT2D eigenvalue weighted by Crippen LogP contribution is 2.34. The number of sulfonamides is 1. The van der Waals surface area contributed by atoms with Crippen LogP contribution in [0.4, 0.5) is 0 Å². The van der Waals surface area contributed by atoms with Gasteiger partial charge in [0, 0.05) is 11.6 Å². The molecule has 0 saturated carbocycles. The number of benzene rings is 2. The molecule has 0 radical (unpaired) electrons. The van der Waals surface area contributed by atoms with Crippen molar-refractivity contribution in [2.45, 2.75) is 23.8 Å². The molecule has 30 heavy (non-hydrogen) atoms. The molecule has 1 aliphatic heterocycles. The summed E-state index contributed by atoms with van der Waals surface area (Å²) in [5.41, 5.74) is 2.96. The molecule has 0 spiro atoms. The highest BCUT2D eigenvalue weighted by molar-refractivity contribution is 9.10. The van der Waals surface area contributed by atoms with Crippen molar-refractivity contribution in [1.82, 2.24) is 9.73 Å². The molecule has 1 atom stereocenters. The van der Waals surface area contributed by atoms with Crippen LogP contribution in [0, 0.1) is 0 Å². The first-order chi connectivity index (χ1) is 14.2. The second-order valence-electron chi connectivity index (χ2n) is 6.52. The van der Waals surface area contributed by atoms with Crippen molar-refractivity contribution in [1.29, 1.82) is 0 Å². The van der Waals surface area contributed by atoms with Gasteiger partial charge in [-0.15, -0.1) is 0 Å². The summed E-state index contributed by atoms with van der Waals surface area (Å²) in [5.74, 6) is -0.327. The van der Waals surface area contributed by atoms with E-state index in [4.69, 9.17) is 16.3 Å². The first-order valence-corrected chi connectivity index (χ1v) is 11.5.